The van der Waals surface area contributed by atoms with E-state index in [4.69, 9.17) is 0 Å². The van der Waals surface area contributed by atoms with E-state index in [1.807, 2.05) is 64.1 Å². The molecule has 0 fully saturated rings. The highest BCUT2D eigenvalue weighted by Gasteiger charge is 2.16. The standard InChI is InChI=1S/C24H34N2O2.BrH/c1-19-11-9-12-20(2)25(19)17-23(27)15-7-5-6-8-16-24(28)18-26-21(3)13-10-14-22(26)4;/h9-14H,5-8,15-18H2,1-4H3;1H/q+2;/p-1. The van der Waals surface area contributed by atoms with Crippen LogP contribution in [0.15, 0.2) is 36.4 Å². The molecule has 0 amide bonds. The molecule has 0 radical (unpaired) electrons. The smallest absolute Gasteiger partial charge is 0.206 e. The van der Waals surface area contributed by atoms with Gasteiger partial charge in [-0.3, -0.25) is 9.59 Å². The van der Waals surface area contributed by atoms with E-state index in [9.17, 15) is 9.59 Å². The maximum Gasteiger partial charge on any atom is 0.206 e. The van der Waals surface area contributed by atoms with Crippen LogP contribution in [0.3, 0.4) is 0 Å². The topological polar surface area (TPSA) is 41.9 Å². The van der Waals surface area contributed by atoms with Gasteiger partial charge in [0.25, 0.3) is 0 Å². The number of unbranched alkanes of at least 4 members (excludes halogenated alkanes) is 3. The molecule has 29 heavy (non-hydrogen) atoms. The van der Waals surface area contributed by atoms with Gasteiger partial charge in [-0.1, -0.05) is 12.8 Å². The highest BCUT2D eigenvalue weighted by atomic mass is 79.9. The summed E-state index contributed by atoms with van der Waals surface area (Å²) >= 11 is 0. The molecule has 0 saturated carbocycles. The lowest BCUT2D eigenvalue weighted by molar-refractivity contribution is -0.696. The Hall–Kier alpha value is -1.88. The summed E-state index contributed by atoms with van der Waals surface area (Å²) in [5.74, 6) is 0.565. The zero-order valence-electron chi connectivity index (χ0n) is 18.2. The molecule has 2 rings (SSSR count). The second-order valence-corrected chi connectivity index (χ2v) is 7.78. The Morgan fingerprint density at radius 3 is 1.24 bits per heavy atom. The molecule has 0 aliphatic rings. The number of hydrogen-bond donors (Lipinski definition) is 0. The Morgan fingerprint density at radius 1 is 0.621 bits per heavy atom. The molecule has 0 saturated heterocycles. The quantitative estimate of drug-likeness (QED) is 0.364. The van der Waals surface area contributed by atoms with Crippen LogP contribution in [-0.2, 0) is 22.7 Å². The first-order chi connectivity index (χ1) is 13.4. The van der Waals surface area contributed by atoms with Crippen LogP contribution in [0.4, 0.5) is 0 Å². The zero-order chi connectivity index (χ0) is 20.5. The first kappa shape index (κ1) is 25.2. The molecule has 5 heteroatoms. The summed E-state index contributed by atoms with van der Waals surface area (Å²) in [6.07, 6.45) is 5.06. The molecular weight excluding hydrogens is 428 g/mol. The van der Waals surface area contributed by atoms with E-state index in [-0.39, 0.29) is 28.5 Å². The van der Waals surface area contributed by atoms with Gasteiger partial charge in [0.1, 0.15) is 0 Å². The summed E-state index contributed by atoms with van der Waals surface area (Å²) in [4.78, 5) is 24.5. The Bertz CT molecular complexity index is 724. The van der Waals surface area contributed by atoms with Crippen molar-refractivity contribution in [1.29, 1.82) is 0 Å². The molecule has 4 nitrogen and oxygen atoms in total. The number of aryl methyl sites for hydroxylation is 4. The van der Waals surface area contributed by atoms with Crippen molar-refractivity contribution < 1.29 is 35.7 Å². The zero-order valence-corrected chi connectivity index (χ0v) is 19.8. The molecule has 0 aliphatic carbocycles. The number of carbonyl (C=O) groups is 2. The van der Waals surface area contributed by atoms with E-state index in [2.05, 4.69) is 9.13 Å². The lowest BCUT2D eigenvalue weighted by Crippen LogP contribution is -3.00. The Morgan fingerprint density at radius 2 is 0.931 bits per heavy atom. The molecule has 158 valence electrons. The molecule has 2 aromatic rings. The van der Waals surface area contributed by atoms with Crippen LogP contribution in [0, 0.1) is 27.7 Å². The number of pyridine rings is 2. The fourth-order valence-corrected chi connectivity index (χ4v) is 3.58. The van der Waals surface area contributed by atoms with Crippen LogP contribution >= 0.6 is 0 Å². The van der Waals surface area contributed by atoms with Gasteiger partial charge in [-0.15, -0.1) is 0 Å². The molecular formula is C24H34BrN2O2+. The average Bonchev–Trinajstić information content (AvgIpc) is 2.64. The highest BCUT2D eigenvalue weighted by molar-refractivity contribution is 5.77. The van der Waals surface area contributed by atoms with Crippen LogP contribution < -0.4 is 26.1 Å². The van der Waals surface area contributed by atoms with Crippen LogP contribution in [0.2, 0.25) is 0 Å². The Kier molecular flexibility index (Phi) is 11.0. The summed E-state index contributed by atoms with van der Waals surface area (Å²) in [5, 5.41) is 0. The summed E-state index contributed by atoms with van der Waals surface area (Å²) in [6.45, 7) is 9.07. The monoisotopic (exact) mass is 461 g/mol. The number of aromatic nitrogens is 2. The van der Waals surface area contributed by atoms with Gasteiger partial charge in [-0.05, 0) is 25.0 Å². The molecule has 0 spiro atoms. The van der Waals surface area contributed by atoms with Gasteiger partial charge in [0, 0.05) is 64.8 Å². The first-order valence-corrected chi connectivity index (χ1v) is 10.3. The molecule has 0 N–H and O–H groups in total. The van der Waals surface area contributed by atoms with Gasteiger partial charge in [-0.2, -0.15) is 9.13 Å². The number of hydrogen-bond acceptors (Lipinski definition) is 2. The van der Waals surface area contributed by atoms with Crippen LogP contribution in [0.1, 0.15) is 61.3 Å². The van der Waals surface area contributed by atoms with Crippen LogP contribution in [0.25, 0.3) is 0 Å². The number of carbonyl (C=O) groups excluding carboxylic acids is 2. The SMILES string of the molecule is Cc1cccc(C)[n+]1CC(=O)CCCCCCC(=O)C[n+]1c(C)cccc1C.[Br-]. The summed E-state index contributed by atoms with van der Waals surface area (Å²) in [7, 11) is 0. The number of Topliss-reactive ketones (excluding diaryl/α,β-unsaturated/α-hetero) is 2. The van der Waals surface area contributed by atoms with Crippen molar-refractivity contribution >= 4 is 11.6 Å². The predicted octanol–water partition coefficient (Wildman–Crippen LogP) is 0.678. The van der Waals surface area contributed by atoms with Crippen molar-refractivity contribution in [3.8, 4) is 0 Å². The van der Waals surface area contributed by atoms with Crippen molar-refractivity contribution in [3.63, 3.8) is 0 Å². The van der Waals surface area contributed by atoms with E-state index >= 15 is 0 Å². The Balaban J connectivity index is 0.00000420. The number of rotatable bonds is 11. The molecule has 0 aromatic carbocycles. The van der Waals surface area contributed by atoms with Gasteiger partial charge in [-0.25, -0.2) is 0 Å². The second kappa shape index (κ2) is 12.6. The van der Waals surface area contributed by atoms with Crippen molar-refractivity contribution in [2.75, 3.05) is 0 Å². The Labute approximate surface area is 185 Å². The summed E-state index contributed by atoms with van der Waals surface area (Å²) in [6, 6.07) is 12.2. The molecule has 0 unspecified atom stereocenters. The van der Waals surface area contributed by atoms with Crippen molar-refractivity contribution in [2.24, 2.45) is 0 Å². The predicted molar refractivity (Wildman–Crippen MR) is 110 cm³/mol. The van der Waals surface area contributed by atoms with Gasteiger partial charge in [0.15, 0.2) is 34.3 Å². The largest absolute Gasteiger partial charge is 1.00 e. The summed E-state index contributed by atoms with van der Waals surface area (Å²) < 4.78 is 4.15. The van der Waals surface area contributed by atoms with E-state index in [0.717, 1.165) is 48.5 Å². The first-order valence-electron chi connectivity index (χ1n) is 10.3. The van der Waals surface area contributed by atoms with Crippen LogP contribution in [0.5, 0.6) is 0 Å². The number of halogens is 1. The normalized spacial score (nSPS) is 10.5. The average molecular weight is 462 g/mol. The van der Waals surface area contributed by atoms with Crippen LogP contribution in [-0.4, -0.2) is 11.6 Å². The maximum absolute atomic E-state index is 12.2. The fourth-order valence-electron chi connectivity index (χ4n) is 3.58. The summed E-state index contributed by atoms with van der Waals surface area (Å²) in [5.41, 5.74) is 4.48. The molecule has 0 bridgehead atoms. The molecule has 2 heterocycles. The third kappa shape index (κ3) is 8.17. The lowest BCUT2D eigenvalue weighted by Gasteiger charge is -2.04. The highest BCUT2D eigenvalue weighted by Crippen LogP contribution is 2.07. The number of nitrogens with zero attached hydrogens (tertiary/aromatic N) is 2. The molecule has 0 aliphatic heterocycles. The number of ketones is 2. The third-order valence-electron chi connectivity index (χ3n) is 5.38. The third-order valence-corrected chi connectivity index (χ3v) is 5.38. The minimum Gasteiger partial charge on any atom is -1.00 e. The molecule has 2 aromatic heterocycles. The van der Waals surface area contributed by atoms with Crippen molar-refractivity contribution in [1.82, 2.24) is 0 Å². The van der Waals surface area contributed by atoms with Gasteiger partial charge >= 0.3 is 0 Å². The van der Waals surface area contributed by atoms with E-state index in [1.54, 1.807) is 0 Å². The van der Waals surface area contributed by atoms with E-state index < -0.39 is 0 Å². The van der Waals surface area contributed by atoms with Crippen molar-refractivity contribution in [2.45, 2.75) is 79.3 Å². The molecule has 0 atom stereocenters. The van der Waals surface area contributed by atoms with Crippen molar-refractivity contribution in [3.05, 3.63) is 59.2 Å². The minimum atomic E-state index is 0. The van der Waals surface area contributed by atoms with E-state index in [0.29, 0.717) is 25.9 Å². The van der Waals surface area contributed by atoms with E-state index in [1.165, 1.54) is 0 Å². The lowest BCUT2D eigenvalue weighted by atomic mass is 10.1. The van der Waals surface area contributed by atoms with Gasteiger partial charge in [0.2, 0.25) is 13.1 Å². The minimum absolute atomic E-state index is 0. The van der Waals surface area contributed by atoms with Gasteiger partial charge < -0.3 is 17.0 Å². The maximum atomic E-state index is 12.2. The van der Waals surface area contributed by atoms with Gasteiger partial charge in [0.05, 0.1) is 0 Å². The second-order valence-electron chi connectivity index (χ2n) is 7.78. The fraction of sp³-hybridized carbons (Fsp3) is 0.500.